The molecule has 14 heavy (non-hydrogen) atoms. The van der Waals surface area contributed by atoms with E-state index in [0.29, 0.717) is 13.2 Å². The average Bonchev–Trinajstić information content (AvgIpc) is 2.65. The summed E-state index contributed by atoms with van der Waals surface area (Å²) in [5.74, 6) is 0.240. The van der Waals surface area contributed by atoms with Gasteiger partial charge in [0.25, 0.3) is 0 Å². The Morgan fingerprint density at radius 3 is 2.79 bits per heavy atom. The molecule has 0 aromatic carbocycles. The first kappa shape index (κ1) is 11.5. The van der Waals surface area contributed by atoms with Gasteiger partial charge in [-0.3, -0.25) is 4.79 Å². The minimum atomic E-state index is -0.136. The molecule has 82 valence electrons. The quantitative estimate of drug-likeness (QED) is 0.681. The zero-order valence-electron chi connectivity index (χ0n) is 8.82. The predicted octanol–water partition coefficient (Wildman–Crippen LogP) is 0.156. The molecule has 0 spiro atoms. The Kier molecular flexibility index (Phi) is 4.35. The van der Waals surface area contributed by atoms with E-state index in [0.717, 1.165) is 6.42 Å². The highest BCUT2D eigenvalue weighted by Crippen LogP contribution is 2.13. The van der Waals surface area contributed by atoms with Gasteiger partial charge in [0.05, 0.1) is 25.2 Å². The second kappa shape index (κ2) is 5.32. The van der Waals surface area contributed by atoms with Gasteiger partial charge in [0, 0.05) is 6.61 Å². The van der Waals surface area contributed by atoms with E-state index in [1.807, 2.05) is 13.8 Å². The number of aliphatic hydroxyl groups is 1. The van der Waals surface area contributed by atoms with Gasteiger partial charge >= 0.3 is 0 Å². The Hall–Kier alpha value is -0.610. The largest absolute Gasteiger partial charge is 0.394 e. The Labute approximate surface area is 84.6 Å². The van der Waals surface area contributed by atoms with Crippen molar-refractivity contribution < 1.29 is 14.6 Å². The first-order chi connectivity index (χ1) is 6.65. The minimum Gasteiger partial charge on any atom is -0.394 e. The van der Waals surface area contributed by atoms with Crippen molar-refractivity contribution in [3.8, 4) is 0 Å². The standard InChI is InChI=1S/C10H19NO3/c1-7(2)9(5-12)11-10(13)8-3-4-14-6-8/h7-9,12H,3-6H2,1-2H3,(H,11,13). The fourth-order valence-corrected chi connectivity index (χ4v) is 1.47. The lowest BCUT2D eigenvalue weighted by Crippen LogP contribution is -2.44. The first-order valence-electron chi connectivity index (χ1n) is 5.14. The van der Waals surface area contributed by atoms with Crippen molar-refractivity contribution in [3.63, 3.8) is 0 Å². The summed E-state index contributed by atoms with van der Waals surface area (Å²) in [6.45, 7) is 5.14. The van der Waals surface area contributed by atoms with Crippen LogP contribution in [0.25, 0.3) is 0 Å². The lowest BCUT2D eigenvalue weighted by molar-refractivity contribution is -0.126. The van der Waals surface area contributed by atoms with Crippen LogP contribution in [-0.4, -0.2) is 36.9 Å². The lowest BCUT2D eigenvalue weighted by atomic mass is 10.0. The molecule has 2 N–H and O–H groups in total. The molecule has 4 nitrogen and oxygen atoms in total. The zero-order valence-corrected chi connectivity index (χ0v) is 8.82. The molecule has 0 bridgehead atoms. The monoisotopic (exact) mass is 201 g/mol. The van der Waals surface area contributed by atoms with Crippen molar-refractivity contribution in [2.24, 2.45) is 11.8 Å². The smallest absolute Gasteiger partial charge is 0.225 e. The maximum atomic E-state index is 11.6. The summed E-state index contributed by atoms with van der Waals surface area (Å²) in [5, 5.41) is 11.9. The minimum absolute atomic E-state index is 0.00299. The summed E-state index contributed by atoms with van der Waals surface area (Å²) in [7, 11) is 0. The second-order valence-corrected chi connectivity index (χ2v) is 4.10. The molecule has 0 aromatic rings. The van der Waals surface area contributed by atoms with Crippen molar-refractivity contribution in [3.05, 3.63) is 0 Å². The van der Waals surface area contributed by atoms with Crippen LogP contribution in [0.1, 0.15) is 20.3 Å². The van der Waals surface area contributed by atoms with Crippen LogP contribution in [0.2, 0.25) is 0 Å². The first-order valence-corrected chi connectivity index (χ1v) is 5.14. The molecule has 0 saturated carbocycles. The van der Waals surface area contributed by atoms with Gasteiger partial charge in [0.2, 0.25) is 5.91 Å². The van der Waals surface area contributed by atoms with Crippen LogP contribution in [0.4, 0.5) is 0 Å². The SMILES string of the molecule is CC(C)C(CO)NC(=O)C1CCOC1. The van der Waals surface area contributed by atoms with Crippen LogP contribution in [0.3, 0.4) is 0 Å². The molecule has 1 amide bonds. The van der Waals surface area contributed by atoms with Crippen LogP contribution in [0, 0.1) is 11.8 Å². The maximum Gasteiger partial charge on any atom is 0.225 e. The van der Waals surface area contributed by atoms with E-state index in [1.54, 1.807) is 0 Å². The summed E-state index contributed by atoms with van der Waals surface area (Å²) in [4.78, 5) is 11.6. The molecule has 0 aliphatic carbocycles. The van der Waals surface area contributed by atoms with E-state index in [1.165, 1.54) is 0 Å². The molecule has 1 heterocycles. The van der Waals surface area contributed by atoms with Gasteiger partial charge in [-0.25, -0.2) is 0 Å². The summed E-state index contributed by atoms with van der Waals surface area (Å²) in [5.41, 5.74) is 0. The van der Waals surface area contributed by atoms with Gasteiger partial charge in [-0.15, -0.1) is 0 Å². The van der Waals surface area contributed by atoms with Crippen molar-refractivity contribution in [2.75, 3.05) is 19.8 Å². The number of ether oxygens (including phenoxy) is 1. The van der Waals surface area contributed by atoms with Crippen molar-refractivity contribution in [2.45, 2.75) is 26.3 Å². The van der Waals surface area contributed by atoms with E-state index >= 15 is 0 Å². The van der Waals surface area contributed by atoms with Gasteiger partial charge in [-0.05, 0) is 12.3 Å². The van der Waals surface area contributed by atoms with E-state index in [9.17, 15) is 4.79 Å². The molecule has 1 aliphatic rings. The number of carbonyl (C=O) groups is 1. The van der Waals surface area contributed by atoms with E-state index in [4.69, 9.17) is 9.84 Å². The van der Waals surface area contributed by atoms with Crippen LogP contribution >= 0.6 is 0 Å². The highest BCUT2D eigenvalue weighted by molar-refractivity contribution is 5.79. The van der Waals surface area contributed by atoms with Crippen molar-refractivity contribution >= 4 is 5.91 Å². The summed E-state index contributed by atoms with van der Waals surface area (Å²) in [6, 6.07) is -0.136. The van der Waals surface area contributed by atoms with Crippen molar-refractivity contribution in [1.29, 1.82) is 0 Å². The van der Waals surface area contributed by atoms with Crippen LogP contribution in [0.15, 0.2) is 0 Å². The number of hydrogen-bond acceptors (Lipinski definition) is 3. The van der Waals surface area contributed by atoms with Gasteiger partial charge < -0.3 is 15.2 Å². The normalized spacial score (nSPS) is 23.9. The third-order valence-electron chi connectivity index (χ3n) is 2.63. The van der Waals surface area contributed by atoms with Gasteiger partial charge in [-0.1, -0.05) is 13.8 Å². The number of nitrogens with one attached hydrogen (secondary N) is 1. The fraction of sp³-hybridized carbons (Fsp3) is 0.900. The van der Waals surface area contributed by atoms with Crippen LogP contribution in [0.5, 0.6) is 0 Å². The molecule has 2 atom stereocenters. The molecule has 1 fully saturated rings. The molecule has 1 rings (SSSR count). The molecule has 4 heteroatoms. The molecule has 1 saturated heterocycles. The highest BCUT2D eigenvalue weighted by Gasteiger charge is 2.25. The molecule has 0 aromatic heterocycles. The predicted molar refractivity (Wildman–Crippen MR) is 52.8 cm³/mol. The van der Waals surface area contributed by atoms with Crippen molar-refractivity contribution in [1.82, 2.24) is 5.32 Å². The average molecular weight is 201 g/mol. The maximum absolute atomic E-state index is 11.6. The molecule has 0 radical (unpaired) electrons. The van der Waals surface area contributed by atoms with Gasteiger partial charge in [0.1, 0.15) is 0 Å². The topological polar surface area (TPSA) is 58.6 Å². The lowest BCUT2D eigenvalue weighted by Gasteiger charge is -2.21. The summed E-state index contributed by atoms with van der Waals surface area (Å²) in [6.07, 6.45) is 0.794. The number of rotatable bonds is 4. The van der Waals surface area contributed by atoms with E-state index < -0.39 is 0 Å². The third kappa shape index (κ3) is 2.96. The highest BCUT2D eigenvalue weighted by atomic mass is 16.5. The molecular weight excluding hydrogens is 182 g/mol. The number of amides is 1. The second-order valence-electron chi connectivity index (χ2n) is 4.10. The summed E-state index contributed by atoms with van der Waals surface area (Å²) < 4.78 is 5.13. The molecule has 2 unspecified atom stereocenters. The van der Waals surface area contributed by atoms with Crippen LogP contribution < -0.4 is 5.32 Å². The Balaban J connectivity index is 2.37. The Morgan fingerprint density at radius 2 is 2.36 bits per heavy atom. The number of carbonyl (C=O) groups excluding carboxylic acids is 1. The van der Waals surface area contributed by atoms with Gasteiger partial charge in [-0.2, -0.15) is 0 Å². The number of aliphatic hydroxyl groups excluding tert-OH is 1. The fourth-order valence-electron chi connectivity index (χ4n) is 1.47. The summed E-state index contributed by atoms with van der Waals surface area (Å²) >= 11 is 0. The Morgan fingerprint density at radius 1 is 1.64 bits per heavy atom. The third-order valence-corrected chi connectivity index (χ3v) is 2.63. The van der Waals surface area contributed by atoms with E-state index in [2.05, 4.69) is 5.32 Å². The molecular formula is C10H19NO3. The molecule has 1 aliphatic heterocycles. The van der Waals surface area contributed by atoms with Crippen LogP contribution in [-0.2, 0) is 9.53 Å². The number of hydrogen-bond donors (Lipinski definition) is 2. The zero-order chi connectivity index (χ0) is 10.6. The van der Waals surface area contributed by atoms with Gasteiger partial charge in [0.15, 0.2) is 0 Å². The van der Waals surface area contributed by atoms with E-state index in [-0.39, 0.29) is 30.4 Å². The Bertz CT molecular complexity index is 188.